The van der Waals surface area contributed by atoms with Crippen LogP contribution in [-0.4, -0.2) is 29.1 Å². The molecular weight excluding hydrogens is 266 g/mol. The summed E-state index contributed by atoms with van der Waals surface area (Å²) in [4.78, 5) is 15.5. The number of amides is 1. The van der Waals surface area contributed by atoms with E-state index >= 15 is 0 Å². The van der Waals surface area contributed by atoms with Gasteiger partial charge < -0.3 is 15.8 Å². The maximum atomic E-state index is 11.2. The summed E-state index contributed by atoms with van der Waals surface area (Å²) in [5.74, 6) is 0.306. The molecule has 0 aromatic carbocycles. The van der Waals surface area contributed by atoms with Crippen LogP contribution in [0.15, 0.2) is 18.3 Å². The Labute approximate surface area is 125 Å². The van der Waals surface area contributed by atoms with Crippen molar-refractivity contribution >= 4 is 11.7 Å². The molecule has 3 rings (SSSR count). The Morgan fingerprint density at radius 1 is 1.38 bits per heavy atom. The number of nitrogens with two attached hydrogens (primary N) is 1. The number of primary amides is 1. The van der Waals surface area contributed by atoms with E-state index in [2.05, 4.69) is 10.3 Å². The minimum atomic E-state index is -0.420. The van der Waals surface area contributed by atoms with Crippen molar-refractivity contribution in [2.24, 2.45) is 5.73 Å². The fraction of sp³-hybridized carbons (Fsp3) is 0.625. The summed E-state index contributed by atoms with van der Waals surface area (Å²) in [5, 5.41) is 3.45. The number of ether oxygens (including phenoxy) is 1. The predicted octanol–water partition coefficient (Wildman–Crippen LogP) is 2.47. The first-order valence-corrected chi connectivity index (χ1v) is 7.83. The van der Waals surface area contributed by atoms with Crippen molar-refractivity contribution in [1.82, 2.24) is 4.98 Å². The molecule has 3 N–H and O–H groups in total. The van der Waals surface area contributed by atoms with Crippen molar-refractivity contribution in [2.75, 3.05) is 11.9 Å². The first-order valence-electron chi connectivity index (χ1n) is 7.83. The Morgan fingerprint density at radius 2 is 2.19 bits per heavy atom. The average Bonchev–Trinajstić information content (AvgIpc) is 2.48. The van der Waals surface area contributed by atoms with Crippen LogP contribution in [0.25, 0.3) is 0 Å². The molecule has 2 fully saturated rings. The van der Waals surface area contributed by atoms with E-state index in [1.54, 1.807) is 18.3 Å². The normalized spacial score (nSPS) is 24.7. The number of nitrogens with zero attached hydrogens (tertiary/aromatic N) is 1. The first-order chi connectivity index (χ1) is 10.2. The van der Waals surface area contributed by atoms with Crippen molar-refractivity contribution in [3.05, 3.63) is 23.9 Å². The largest absolute Gasteiger partial charge is 0.375 e. The van der Waals surface area contributed by atoms with Crippen LogP contribution in [0.5, 0.6) is 0 Å². The number of pyridine rings is 1. The molecule has 1 saturated heterocycles. The van der Waals surface area contributed by atoms with E-state index in [0.29, 0.717) is 11.6 Å². The maximum absolute atomic E-state index is 11.2. The Hall–Kier alpha value is -1.62. The van der Waals surface area contributed by atoms with Crippen LogP contribution in [0.2, 0.25) is 0 Å². The molecule has 5 nitrogen and oxygen atoms in total. The minimum Gasteiger partial charge on any atom is -0.375 e. The summed E-state index contributed by atoms with van der Waals surface area (Å²) >= 11 is 0. The molecule has 1 atom stereocenters. The zero-order chi connectivity index (χ0) is 14.7. The van der Waals surface area contributed by atoms with Crippen molar-refractivity contribution in [1.29, 1.82) is 0 Å². The maximum Gasteiger partial charge on any atom is 0.248 e. The van der Waals surface area contributed by atoms with E-state index < -0.39 is 5.91 Å². The summed E-state index contributed by atoms with van der Waals surface area (Å²) in [6.07, 6.45) is 9.81. The third-order valence-corrected chi connectivity index (χ3v) is 4.65. The van der Waals surface area contributed by atoms with Gasteiger partial charge in [0, 0.05) is 24.4 Å². The number of aromatic nitrogens is 1. The van der Waals surface area contributed by atoms with Crippen molar-refractivity contribution in [2.45, 2.75) is 56.6 Å². The highest BCUT2D eigenvalue weighted by molar-refractivity contribution is 5.93. The lowest BCUT2D eigenvalue weighted by molar-refractivity contribution is -0.103. The standard InChI is InChI=1S/C16H23N3O2/c17-15(20)12-4-8-18-14(10-12)19-13-5-9-21-16(11-13)6-2-1-3-7-16/h4,8,10,13H,1-3,5-7,9,11H2,(H2,17,20)(H,18,19). The van der Waals surface area contributed by atoms with Crippen molar-refractivity contribution < 1.29 is 9.53 Å². The highest BCUT2D eigenvalue weighted by Gasteiger charge is 2.38. The van der Waals surface area contributed by atoms with Crippen molar-refractivity contribution in [3.8, 4) is 0 Å². The number of carbonyl (C=O) groups excluding carboxylic acids is 1. The highest BCUT2D eigenvalue weighted by atomic mass is 16.5. The molecule has 2 aliphatic rings. The molecule has 114 valence electrons. The number of anilines is 1. The number of carbonyl (C=O) groups is 1. The lowest BCUT2D eigenvalue weighted by Crippen LogP contribution is -2.45. The van der Waals surface area contributed by atoms with Crippen LogP contribution in [0.3, 0.4) is 0 Å². The van der Waals surface area contributed by atoms with Gasteiger partial charge in [0.25, 0.3) is 0 Å². The second-order valence-corrected chi connectivity index (χ2v) is 6.22. The van der Waals surface area contributed by atoms with Gasteiger partial charge in [0.1, 0.15) is 5.82 Å². The molecule has 1 saturated carbocycles. The van der Waals surface area contributed by atoms with E-state index in [1.165, 1.54) is 32.1 Å². The second-order valence-electron chi connectivity index (χ2n) is 6.22. The third kappa shape index (κ3) is 3.35. The summed E-state index contributed by atoms with van der Waals surface area (Å²) in [6, 6.07) is 3.72. The lowest BCUT2D eigenvalue weighted by atomic mass is 9.78. The smallest absolute Gasteiger partial charge is 0.248 e. The second kappa shape index (κ2) is 6.02. The van der Waals surface area contributed by atoms with Gasteiger partial charge in [-0.1, -0.05) is 19.3 Å². The fourth-order valence-electron chi connectivity index (χ4n) is 3.57. The number of hydrogen-bond donors (Lipinski definition) is 2. The molecule has 1 aromatic rings. The molecule has 1 spiro atoms. The SMILES string of the molecule is NC(=O)c1ccnc(NC2CCOC3(CCCCC3)C2)c1. The summed E-state index contributed by atoms with van der Waals surface area (Å²) in [7, 11) is 0. The van der Waals surface area contributed by atoms with Gasteiger partial charge in [0.05, 0.1) is 5.60 Å². The molecule has 0 radical (unpaired) electrons. The summed E-state index contributed by atoms with van der Waals surface area (Å²) in [5.41, 5.74) is 5.87. The van der Waals surface area contributed by atoms with Crippen LogP contribution >= 0.6 is 0 Å². The quantitative estimate of drug-likeness (QED) is 0.896. The van der Waals surface area contributed by atoms with E-state index in [0.717, 1.165) is 25.3 Å². The van der Waals surface area contributed by atoms with Crippen LogP contribution in [-0.2, 0) is 4.74 Å². The van der Waals surface area contributed by atoms with Gasteiger partial charge in [0.15, 0.2) is 0 Å². The molecule has 2 heterocycles. The van der Waals surface area contributed by atoms with E-state index in [-0.39, 0.29) is 5.60 Å². The van der Waals surface area contributed by atoms with E-state index in [9.17, 15) is 4.79 Å². The molecule has 5 heteroatoms. The van der Waals surface area contributed by atoms with Gasteiger partial charge in [0.2, 0.25) is 5.91 Å². The van der Waals surface area contributed by atoms with E-state index in [1.807, 2.05) is 0 Å². The number of rotatable bonds is 3. The topological polar surface area (TPSA) is 77.2 Å². The van der Waals surface area contributed by atoms with Gasteiger partial charge in [-0.05, 0) is 37.8 Å². The van der Waals surface area contributed by atoms with Gasteiger partial charge in [-0.25, -0.2) is 4.98 Å². The first kappa shape index (κ1) is 14.3. The van der Waals surface area contributed by atoms with Gasteiger partial charge in [-0.2, -0.15) is 0 Å². The molecule has 21 heavy (non-hydrogen) atoms. The van der Waals surface area contributed by atoms with Gasteiger partial charge >= 0.3 is 0 Å². The fourth-order valence-corrected chi connectivity index (χ4v) is 3.57. The predicted molar refractivity (Wildman–Crippen MR) is 81.2 cm³/mol. The Bertz CT molecular complexity index is 506. The zero-order valence-corrected chi connectivity index (χ0v) is 12.3. The van der Waals surface area contributed by atoms with Crippen LogP contribution in [0.1, 0.15) is 55.3 Å². The Morgan fingerprint density at radius 3 is 2.95 bits per heavy atom. The lowest BCUT2D eigenvalue weighted by Gasteiger charge is -2.43. The number of nitrogens with one attached hydrogen (secondary N) is 1. The van der Waals surface area contributed by atoms with Crippen LogP contribution in [0.4, 0.5) is 5.82 Å². The number of hydrogen-bond acceptors (Lipinski definition) is 4. The molecule has 1 aliphatic heterocycles. The van der Waals surface area contributed by atoms with Crippen LogP contribution in [0, 0.1) is 0 Å². The average molecular weight is 289 g/mol. The highest BCUT2D eigenvalue weighted by Crippen LogP contribution is 2.39. The van der Waals surface area contributed by atoms with Crippen LogP contribution < -0.4 is 11.1 Å². The Balaban J connectivity index is 1.67. The molecule has 1 unspecified atom stereocenters. The molecule has 1 amide bonds. The molecule has 1 aromatic heterocycles. The minimum absolute atomic E-state index is 0.0649. The third-order valence-electron chi connectivity index (χ3n) is 4.65. The molecule has 0 bridgehead atoms. The summed E-state index contributed by atoms with van der Waals surface area (Å²) < 4.78 is 6.10. The van der Waals surface area contributed by atoms with Crippen molar-refractivity contribution in [3.63, 3.8) is 0 Å². The van der Waals surface area contributed by atoms with Gasteiger partial charge in [-0.15, -0.1) is 0 Å². The monoisotopic (exact) mass is 289 g/mol. The van der Waals surface area contributed by atoms with E-state index in [4.69, 9.17) is 10.5 Å². The molecular formula is C16H23N3O2. The molecule has 1 aliphatic carbocycles. The van der Waals surface area contributed by atoms with Gasteiger partial charge in [-0.3, -0.25) is 4.79 Å². The zero-order valence-electron chi connectivity index (χ0n) is 12.3. The Kier molecular flexibility index (Phi) is 4.10. The summed E-state index contributed by atoms with van der Waals surface area (Å²) in [6.45, 7) is 0.799.